The Balaban J connectivity index is 1.77. The molecule has 1 amide bonds. The number of thiophene rings is 1. The number of esters is 1. The van der Waals surface area contributed by atoms with Crippen LogP contribution in [0.3, 0.4) is 0 Å². The second-order valence-corrected chi connectivity index (χ2v) is 10.9. The largest absolute Gasteiger partial charge is 0.462 e. The molecule has 0 aliphatic carbocycles. The van der Waals surface area contributed by atoms with Crippen molar-refractivity contribution in [1.29, 1.82) is 0 Å². The molecule has 7 nitrogen and oxygen atoms in total. The second kappa shape index (κ2) is 9.50. The Hall–Kier alpha value is -2.23. The van der Waals surface area contributed by atoms with Gasteiger partial charge in [-0.15, -0.1) is 11.3 Å². The lowest BCUT2D eigenvalue weighted by molar-refractivity contribution is -0.120. The Morgan fingerprint density at radius 2 is 1.87 bits per heavy atom. The van der Waals surface area contributed by atoms with Crippen LogP contribution in [0.15, 0.2) is 29.2 Å². The standard InChI is InChI=1S/C22H28N2O5S2/c1-5-29-22(26)19-15(3)16(4)30-21(19)23-20(25)17-7-6-12-24(13-17)31(27,28)18-10-8-14(2)9-11-18/h8-11,17H,5-7,12-13H2,1-4H3,(H,23,25). The van der Waals surface area contributed by atoms with Gasteiger partial charge in [-0.2, -0.15) is 4.31 Å². The van der Waals surface area contributed by atoms with E-state index in [0.29, 0.717) is 30.0 Å². The summed E-state index contributed by atoms with van der Waals surface area (Å²) in [6, 6.07) is 6.72. The van der Waals surface area contributed by atoms with Gasteiger partial charge >= 0.3 is 5.97 Å². The number of anilines is 1. The summed E-state index contributed by atoms with van der Waals surface area (Å²) in [6.07, 6.45) is 1.18. The number of piperidine rings is 1. The van der Waals surface area contributed by atoms with Crippen LogP contribution in [0.5, 0.6) is 0 Å². The van der Waals surface area contributed by atoms with Crippen molar-refractivity contribution >= 4 is 38.2 Å². The monoisotopic (exact) mass is 464 g/mol. The summed E-state index contributed by atoms with van der Waals surface area (Å²) in [5, 5.41) is 3.31. The summed E-state index contributed by atoms with van der Waals surface area (Å²) < 4.78 is 32.6. The minimum Gasteiger partial charge on any atom is -0.462 e. The van der Waals surface area contributed by atoms with Crippen molar-refractivity contribution in [3.05, 3.63) is 45.8 Å². The van der Waals surface area contributed by atoms with Crippen LogP contribution < -0.4 is 5.32 Å². The van der Waals surface area contributed by atoms with Gasteiger partial charge in [-0.1, -0.05) is 17.7 Å². The van der Waals surface area contributed by atoms with Gasteiger partial charge in [0.15, 0.2) is 0 Å². The average Bonchev–Trinajstić information content (AvgIpc) is 3.01. The second-order valence-electron chi connectivity index (χ2n) is 7.71. The molecule has 1 saturated heterocycles. The molecule has 1 unspecified atom stereocenters. The number of carbonyl (C=O) groups excluding carboxylic acids is 2. The number of sulfonamides is 1. The number of nitrogens with zero attached hydrogens (tertiary/aromatic N) is 1. The van der Waals surface area contributed by atoms with E-state index in [1.54, 1.807) is 31.2 Å². The Morgan fingerprint density at radius 3 is 2.52 bits per heavy atom. The number of ether oxygens (including phenoxy) is 1. The maximum absolute atomic E-state index is 13.0. The number of carbonyl (C=O) groups is 2. The van der Waals surface area contributed by atoms with E-state index in [9.17, 15) is 18.0 Å². The molecule has 9 heteroatoms. The minimum atomic E-state index is -3.67. The molecule has 1 N–H and O–H groups in total. The number of nitrogens with one attached hydrogen (secondary N) is 1. The smallest absolute Gasteiger partial charge is 0.341 e. The van der Waals surface area contributed by atoms with E-state index in [-0.39, 0.29) is 24.0 Å². The SMILES string of the molecule is CCOC(=O)c1c(NC(=O)C2CCCN(S(=O)(=O)c3ccc(C)cc3)C2)sc(C)c1C. The number of amides is 1. The van der Waals surface area contributed by atoms with E-state index < -0.39 is 21.9 Å². The fourth-order valence-corrected chi connectivity index (χ4v) is 6.19. The van der Waals surface area contributed by atoms with Crippen LogP contribution in [0.25, 0.3) is 0 Å². The number of rotatable bonds is 6. The highest BCUT2D eigenvalue weighted by molar-refractivity contribution is 7.89. The van der Waals surface area contributed by atoms with Crippen LogP contribution in [0.4, 0.5) is 5.00 Å². The van der Waals surface area contributed by atoms with Gasteiger partial charge in [-0.3, -0.25) is 4.79 Å². The third kappa shape index (κ3) is 4.99. The summed E-state index contributed by atoms with van der Waals surface area (Å²) >= 11 is 1.33. The van der Waals surface area contributed by atoms with Crippen molar-refractivity contribution in [3.8, 4) is 0 Å². The Bertz CT molecular complexity index is 1070. The molecule has 0 bridgehead atoms. The van der Waals surface area contributed by atoms with Crippen molar-refractivity contribution in [3.63, 3.8) is 0 Å². The lowest BCUT2D eigenvalue weighted by atomic mass is 9.99. The maximum Gasteiger partial charge on any atom is 0.341 e. The molecular formula is C22H28N2O5S2. The predicted molar refractivity (Wildman–Crippen MR) is 121 cm³/mol. The lowest BCUT2D eigenvalue weighted by Gasteiger charge is -2.31. The van der Waals surface area contributed by atoms with Gasteiger partial charge in [0.2, 0.25) is 15.9 Å². The van der Waals surface area contributed by atoms with E-state index in [4.69, 9.17) is 4.74 Å². The molecule has 0 radical (unpaired) electrons. The first-order valence-electron chi connectivity index (χ1n) is 10.3. The molecule has 1 aliphatic heterocycles. The van der Waals surface area contributed by atoms with Gasteiger partial charge in [-0.25, -0.2) is 13.2 Å². The lowest BCUT2D eigenvalue weighted by Crippen LogP contribution is -2.43. The number of benzene rings is 1. The van der Waals surface area contributed by atoms with Crippen LogP contribution in [0.2, 0.25) is 0 Å². The maximum atomic E-state index is 13.0. The van der Waals surface area contributed by atoms with Crippen molar-refractivity contribution < 1.29 is 22.7 Å². The normalized spacial score (nSPS) is 17.4. The van der Waals surface area contributed by atoms with Crippen molar-refractivity contribution in [1.82, 2.24) is 4.31 Å². The molecule has 1 aromatic heterocycles. The zero-order valence-electron chi connectivity index (χ0n) is 18.2. The third-order valence-corrected chi connectivity index (χ3v) is 8.52. The summed E-state index contributed by atoms with van der Waals surface area (Å²) in [5.74, 6) is -1.24. The Kier molecular flexibility index (Phi) is 7.18. The zero-order valence-corrected chi connectivity index (χ0v) is 19.9. The molecule has 1 atom stereocenters. The highest BCUT2D eigenvalue weighted by atomic mass is 32.2. The van der Waals surface area contributed by atoms with Crippen LogP contribution in [-0.2, 0) is 19.6 Å². The molecule has 2 heterocycles. The van der Waals surface area contributed by atoms with Gasteiger partial charge < -0.3 is 10.1 Å². The predicted octanol–water partition coefficient (Wildman–Crippen LogP) is 3.89. The fraction of sp³-hybridized carbons (Fsp3) is 0.455. The molecule has 2 aromatic rings. The fourth-order valence-electron chi connectivity index (χ4n) is 3.61. The topological polar surface area (TPSA) is 92.8 Å². The third-order valence-electron chi connectivity index (χ3n) is 5.52. The molecule has 0 saturated carbocycles. The molecule has 0 spiro atoms. The number of hydrogen-bond donors (Lipinski definition) is 1. The van der Waals surface area contributed by atoms with Crippen molar-refractivity contribution in [2.75, 3.05) is 25.0 Å². The first-order chi connectivity index (χ1) is 14.6. The highest BCUT2D eigenvalue weighted by Gasteiger charge is 2.34. The summed E-state index contributed by atoms with van der Waals surface area (Å²) in [7, 11) is -3.67. The summed E-state index contributed by atoms with van der Waals surface area (Å²) in [5.41, 5.74) is 2.14. The molecule has 1 aliphatic rings. The first kappa shape index (κ1) is 23.4. The van der Waals surface area contributed by atoms with E-state index in [1.165, 1.54) is 15.6 Å². The highest BCUT2D eigenvalue weighted by Crippen LogP contribution is 2.34. The van der Waals surface area contributed by atoms with Gasteiger partial charge in [0, 0.05) is 18.0 Å². The van der Waals surface area contributed by atoms with E-state index in [1.807, 2.05) is 20.8 Å². The van der Waals surface area contributed by atoms with E-state index in [0.717, 1.165) is 16.0 Å². The van der Waals surface area contributed by atoms with Crippen LogP contribution in [0, 0.1) is 26.7 Å². The van der Waals surface area contributed by atoms with Gasteiger partial charge in [0.25, 0.3) is 0 Å². The summed E-state index contributed by atoms with van der Waals surface area (Å²) in [6.45, 7) is 8.07. The van der Waals surface area contributed by atoms with Crippen LogP contribution in [-0.4, -0.2) is 44.3 Å². The number of aryl methyl sites for hydroxylation is 2. The molecule has 1 fully saturated rings. The minimum absolute atomic E-state index is 0.111. The Morgan fingerprint density at radius 1 is 1.19 bits per heavy atom. The van der Waals surface area contributed by atoms with E-state index >= 15 is 0 Å². The Labute approximate surface area is 187 Å². The average molecular weight is 465 g/mol. The molecule has 1 aromatic carbocycles. The molecule has 168 valence electrons. The quantitative estimate of drug-likeness (QED) is 0.655. The van der Waals surface area contributed by atoms with Gasteiger partial charge in [0.1, 0.15) is 5.00 Å². The van der Waals surface area contributed by atoms with Crippen molar-refractivity contribution in [2.45, 2.75) is 45.4 Å². The van der Waals surface area contributed by atoms with Crippen LogP contribution in [0.1, 0.15) is 46.1 Å². The molecular weight excluding hydrogens is 436 g/mol. The number of hydrogen-bond acceptors (Lipinski definition) is 6. The summed E-state index contributed by atoms with van der Waals surface area (Å²) in [4.78, 5) is 26.5. The van der Waals surface area contributed by atoms with Crippen molar-refractivity contribution in [2.24, 2.45) is 5.92 Å². The van der Waals surface area contributed by atoms with E-state index in [2.05, 4.69) is 5.32 Å². The first-order valence-corrected chi connectivity index (χ1v) is 12.6. The molecule has 3 rings (SSSR count). The molecule has 31 heavy (non-hydrogen) atoms. The van der Waals surface area contributed by atoms with Gasteiger partial charge in [0.05, 0.1) is 23.0 Å². The van der Waals surface area contributed by atoms with Gasteiger partial charge in [-0.05, 0) is 58.2 Å². The van der Waals surface area contributed by atoms with Crippen LogP contribution >= 0.6 is 11.3 Å². The zero-order chi connectivity index (χ0) is 22.8.